The van der Waals surface area contributed by atoms with Gasteiger partial charge in [0.05, 0.1) is 7.11 Å². The van der Waals surface area contributed by atoms with Crippen molar-refractivity contribution >= 4 is 24.1 Å². The number of amides is 1. The summed E-state index contributed by atoms with van der Waals surface area (Å²) in [6.07, 6.45) is 1.16. The number of carbonyl (C=O) groups excluding carboxylic acids is 2. The highest BCUT2D eigenvalue weighted by molar-refractivity contribution is 7.98. The first kappa shape index (κ1) is 14.5. The van der Waals surface area contributed by atoms with E-state index in [0.717, 1.165) is 4.90 Å². The van der Waals surface area contributed by atoms with Gasteiger partial charge in [0, 0.05) is 4.90 Å². The summed E-state index contributed by atoms with van der Waals surface area (Å²) in [6, 6.07) is 5.97. The lowest BCUT2D eigenvalue weighted by atomic mass is 10.0. The Morgan fingerprint density at radius 3 is 2.50 bits per heavy atom. The summed E-state index contributed by atoms with van der Waals surface area (Å²) in [7, 11) is 1.20. The zero-order chi connectivity index (χ0) is 13.5. The van der Waals surface area contributed by atoms with Crippen LogP contribution in [0.2, 0.25) is 0 Å². The summed E-state index contributed by atoms with van der Waals surface area (Å²) >= 11 is 1.57. The van der Waals surface area contributed by atoms with Crippen LogP contribution in [0.15, 0.2) is 29.2 Å². The van der Waals surface area contributed by atoms with Crippen molar-refractivity contribution in [2.45, 2.75) is 17.0 Å². The number of methoxy groups -OCH3 is 1. The molecule has 0 saturated carbocycles. The van der Waals surface area contributed by atoms with E-state index in [4.69, 9.17) is 0 Å². The van der Waals surface area contributed by atoms with Gasteiger partial charge in [-0.25, -0.2) is 4.79 Å². The SMILES string of the molecule is COC(=O)[C@@H](NC=O)[C@H](O)c1ccc(SC)cc1. The Bertz CT molecular complexity index is 407. The smallest absolute Gasteiger partial charge is 0.331 e. The number of ether oxygens (including phenoxy) is 1. The number of hydrogen-bond donors (Lipinski definition) is 2. The topological polar surface area (TPSA) is 75.6 Å². The van der Waals surface area contributed by atoms with Crippen molar-refractivity contribution < 1.29 is 19.4 Å². The summed E-state index contributed by atoms with van der Waals surface area (Å²) in [5.41, 5.74) is 0.539. The van der Waals surface area contributed by atoms with E-state index >= 15 is 0 Å². The maximum absolute atomic E-state index is 11.4. The van der Waals surface area contributed by atoms with Crippen LogP contribution < -0.4 is 5.32 Å². The van der Waals surface area contributed by atoms with E-state index in [-0.39, 0.29) is 0 Å². The fourth-order valence-corrected chi connectivity index (χ4v) is 1.89. The van der Waals surface area contributed by atoms with Crippen LogP contribution in [0.3, 0.4) is 0 Å². The van der Waals surface area contributed by atoms with Gasteiger partial charge in [0.1, 0.15) is 6.10 Å². The predicted molar refractivity (Wildman–Crippen MR) is 68.2 cm³/mol. The molecule has 1 amide bonds. The average molecular weight is 269 g/mol. The molecule has 0 radical (unpaired) electrons. The average Bonchev–Trinajstić information content (AvgIpc) is 2.43. The molecule has 0 bridgehead atoms. The van der Waals surface area contributed by atoms with Gasteiger partial charge in [-0.1, -0.05) is 12.1 Å². The number of rotatable bonds is 6. The molecule has 1 rings (SSSR count). The fourth-order valence-electron chi connectivity index (χ4n) is 1.48. The maximum Gasteiger partial charge on any atom is 0.331 e. The number of nitrogens with one attached hydrogen (secondary N) is 1. The molecule has 18 heavy (non-hydrogen) atoms. The molecule has 6 heteroatoms. The summed E-state index contributed by atoms with van der Waals surface area (Å²) in [4.78, 5) is 22.9. The van der Waals surface area contributed by atoms with Crippen molar-refractivity contribution in [2.75, 3.05) is 13.4 Å². The largest absolute Gasteiger partial charge is 0.467 e. The fraction of sp³-hybridized carbons (Fsp3) is 0.333. The van der Waals surface area contributed by atoms with Gasteiger partial charge >= 0.3 is 5.97 Å². The Morgan fingerprint density at radius 2 is 2.06 bits per heavy atom. The van der Waals surface area contributed by atoms with Crippen LogP contribution in [0.25, 0.3) is 0 Å². The highest BCUT2D eigenvalue weighted by Gasteiger charge is 2.28. The van der Waals surface area contributed by atoms with Crippen molar-refractivity contribution in [2.24, 2.45) is 0 Å². The lowest BCUT2D eigenvalue weighted by Gasteiger charge is -2.20. The molecule has 0 aromatic heterocycles. The lowest BCUT2D eigenvalue weighted by Crippen LogP contribution is -2.41. The first-order chi connectivity index (χ1) is 8.63. The Morgan fingerprint density at radius 1 is 1.44 bits per heavy atom. The second kappa shape index (κ2) is 7.03. The second-order valence-electron chi connectivity index (χ2n) is 3.50. The molecule has 0 aliphatic rings. The minimum Gasteiger partial charge on any atom is -0.467 e. The van der Waals surface area contributed by atoms with E-state index in [9.17, 15) is 14.7 Å². The third-order valence-electron chi connectivity index (χ3n) is 2.48. The number of aliphatic hydroxyl groups excluding tert-OH is 1. The molecule has 5 nitrogen and oxygen atoms in total. The molecule has 0 saturated heterocycles. The van der Waals surface area contributed by atoms with Gasteiger partial charge in [-0.2, -0.15) is 0 Å². The first-order valence-corrected chi connectivity index (χ1v) is 6.46. The van der Waals surface area contributed by atoms with Crippen LogP contribution in [0, 0.1) is 0 Å². The third-order valence-corrected chi connectivity index (χ3v) is 3.22. The molecule has 0 heterocycles. The molecule has 1 aromatic carbocycles. The van der Waals surface area contributed by atoms with Crippen LogP contribution in [0.1, 0.15) is 11.7 Å². The molecule has 0 aliphatic carbocycles. The zero-order valence-electron chi connectivity index (χ0n) is 10.1. The Kier molecular flexibility index (Phi) is 5.67. The number of carbonyl (C=O) groups is 2. The molecule has 0 fully saturated rings. The Hall–Kier alpha value is -1.53. The van der Waals surface area contributed by atoms with E-state index in [1.54, 1.807) is 23.9 Å². The van der Waals surface area contributed by atoms with E-state index in [1.165, 1.54) is 7.11 Å². The van der Waals surface area contributed by atoms with Crippen LogP contribution in [0.4, 0.5) is 0 Å². The summed E-state index contributed by atoms with van der Waals surface area (Å²) in [6.45, 7) is 0. The number of benzene rings is 1. The third kappa shape index (κ3) is 3.48. The highest BCUT2D eigenvalue weighted by Crippen LogP contribution is 2.21. The normalized spacial score (nSPS) is 13.5. The second-order valence-corrected chi connectivity index (χ2v) is 4.38. The van der Waals surface area contributed by atoms with Gasteiger partial charge < -0.3 is 15.2 Å². The van der Waals surface area contributed by atoms with E-state index < -0.39 is 18.1 Å². The molecule has 1 aromatic rings. The molecular formula is C12H15NO4S. The molecule has 0 unspecified atom stereocenters. The van der Waals surface area contributed by atoms with Crippen LogP contribution >= 0.6 is 11.8 Å². The van der Waals surface area contributed by atoms with Gasteiger partial charge in [0.15, 0.2) is 6.04 Å². The Balaban J connectivity index is 2.89. The molecule has 2 N–H and O–H groups in total. The number of hydrogen-bond acceptors (Lipinski definition) is 5. The van der Waals surface area contributed by atoms with Crippen molar-refractivity contribution in [3.63, 3.8) is 0 Å². The lowest BCUT2D eigenvalue weighted by molar-refractivity contribution is -0.147. The van der Waals surface area contributed by atoms with Gasteiger partial charge in [-0.05, 0) is 24.0 Å². The van der Waals surface area contributed by atoms with E-state index in [2.05, 4.69) is 10.1 Å². The minimum absolute atomic E-state index is 0.362. The zero-order valence-corrected chi connectivity index (χ0v) is 10.9. The van der Waals surface area contributed by atoms with E-state index in [0.29, 0.717) is 12.0 Å². The van der Waals surface area contributed by atoms with Gasteiger partial charge in [0.2, 0.25) is 6.41 Å². The molecule has 2 atom stereocenters. The minimum atomic E-state index is -1.14. The summed E-state index contributed by atoms with van der Waals surface area (Å²) in [5, 5.41) is 12.3. The number of esters is 1. The molecule has 0 aliphatic heterocycles. The highest BCUT2D eigenvalue weighted by atomic mass is 32.2. The van der Waals surface area contributed by atoms with Crippen LogP contribution in [0.5, 0.6) is 0 Å². The standard InChI is InChI=1S/C12H15NO4S/c1-17-12(16)10(13-7-14)11(15)8-3-5-9(18-2)6-4-8/h3-7,10-11,15H,1-2H3,(H,13,14)/t10-,11+/m0/s1. The van der Waals surface area contributed by atoms with Gasteiger partial charge in [-0.3, -0.25) is 4.79 Å². The quantitative estimate of drug-likeness (QED) is 0.452. The molecule has 98 valence electrons. The van der Waals surface area contributed by atoms with E-state index in [1.807, 2.05) is 18.4 Å². The predicted octanol–water partition coefficient (Wildman–Crippen LogP) is 0.730. The Labute approximate surface area is 110 Å². The summed E-state index contributed by atoms with van der Waals surface area (Å²) in [5.74, 6) is -0.691. The maximum atomic E-state index is 11.4. The van der Waals surface area contributed by atoms with Gasteiger partial charge in [-0.15, -0.1) is 11.8 Å². The molecule has 0 spiro atoms. The summed E-state index contributed by atoms with van der Waals surface area (Å²) < 4.78 is 4.53. The van der Waals surface area contributed by atoms with Crippen molar-refractivity contribution in [1.29, 1.82) is 0 Å². The molecular weight excluding hydrogens is 254 g/mol. The number of aliphatic hydroxyl groups is 1. The van der Waals surface area contributed by atoms with Crippen molar-refractivity contribution in [3.05, 3.63) is 29.8 Å². The van der Waals surface area contributed by atoms with Crippen molar-refractivity contribution in [3.8, 4) is 0 Å². The van der Waals surface area contributed by atoms with Crippen molar-refractivity contribution in [1.82, 2.24) is 5.32 Å². The van der Waals surface area contributed by atoms with Crippen LogP contribution in [-0.4, -0.2) is 36.9 Å². The van der Waals surface area contributed by atoms with Gasteiger partial charge in [0.25, 0.3) is 0 Å². The number of thioether (sulfide) groups is 1. The first-order valence-electron chi connectivity index (χ1n) is 5.23. The van der Waals surface area contributed by atoms with Crippen LogP contribution in [-0.2, 0) is 14.3 Å². The monoisotopic (exact) mass is 269 g/mol.